The molecule has 2 rings (SSSR count). The summed E-state index contributed by atoms with van der Waals surface area (Å²) in [6.45, 7) is 1.32. The van der Waals surface area contributed by atoms with Crippen molar-refractivity contribution in [2.75, 3.05) is 11.9 Å². The maximum atomic E-state index is 13.9. The molecule has 2 aromatic rings. The fourth-order valence-corrected chi connectivity index (χ4v) is 2.37. The van der Waals surface area contributed by atoms with Crippen LogP contribution in [0.25, 0.3) is 0 Å². The molecule has 1 atom stereocenters. The van der Waals surface area contributed by atoms with E-state index in [0.717, 1.165) is 10.5 Å². The molecule has 0 bridgehead atoms. The third-order valence-corrected chi connectivity index (χ3v) is 3.82. The number of aliphatic hydroxyl groups is 1. The number of para-hydroxylation sites is 1. The van der Waals surface area contributed by atoms with Crippen molar-refractivity contribution in [1.29, 1.82) is 0 Å². The van der Waals surface area contributed by atoms with Gasteiger partial charge in [-0.3, -0.25) is 0 Å². The Morgan fingerprint density at radius 3 is 2.50 bits per heavy atom. The number of hydrogen-bond donors (Lipinski definition) is 2. The normalized spacial score (nSPS) is 13.8. The third-order valence-electron chi connectivity index (χ3n) is 3.13. The molecule has 2 nitrogen and oxygen atoms in total. The van der Waals surface area contributed by atoms with Crippen LogP contribution in [0.4, 0.5) is 14.5 Å². The standard InChI is InChI=1S/C15H14BrF2NO/c1-15(9-20,11-7-6-10(17)8-13(11)18)19-14-5-3-2-4-12(14)16/h2-8,19-20H,9H2,1H3. The summed E-state index contributed by atoms with van der Waals surface area (Å²) in [6.07, 6.45) is 0. The van der Waals surface area contributed by atoms with Crippen molar-refractivity contribution in [2.24, 2.45) is 0 Å². The fraction of sp³-hybridized carbons (Fsp3) is 0.200. The quantitative estimate of drug-likeness (QED) is 0.879. The van der Waals surface area contributed by atoms with Gasteiger partial charge >= 0.3 is 0 Å². The van der Waals surface area contributed by atoms with Gasteiger partial charge in [0, 0.05) is 21.8 Å². The van der Waals surface area contributed by atoms with Gasteiger partial charge in [-0.05, 0) is 41.1 Å². The van der Waals surface area contributed by atoms with Gasteiger partial charge < -0.3 is 10.4 Å². The molecule has 0 saturated heterocycles. The molecule has 0 spiro atoms. The Morgan fingerprint density at radius 2 is 1.90 bits per heavy atom. The topological polar surface area (TPSA) is 32.3 Å². The molecule has 0 aliphatic rings. The number of hydrogen-bond acceptors (Lipinski definition) is 2. The zero-order chi connectivity index (χ0) is 14.8. The molecule has 20 heavy (non-hydrogen) atoms. The molecule has 0 amide bonds. The highest BCUT2D eigenvalue weighted by Crippen LogP contribution is 2.31. The van der Waals surface area contributed by atoms with Crippen molar-refractivity contribution < 1.29 is 13.9 Å². The maximum absolute atomic E-state index is 13.9. The largest absolute Gasteiger partial charge is 0.394 e. The first-order valence-corrected chi connectivity index (χ1v) is 6.85. The molecule has 0 aromatic heterocycles. The zero-order valence-corrected chi connectivity index (χ0v) is 12.4. The molecule has 0 heterocycles. The second-order valence-electron chi connectivity index (χ2n) is 4.72. The predicted molar refractivity (Wildman–Crippen MR) is 78.6 cm³/mol. The Labute approximate surface area is 124 Å². The van der Waals surface area contributed by atoms with Crippen LogP contribution in [0, 0.1) is 11.6 Å². The van der Waals surface area contributed by atoms with Gasteiger partial charge in [-0.1, -0.05) is 18.2 Å². The first kappa shape index (κ1) is 14.9. The van der Waals surface area contributed by atoms with Crippen molar-refractivity contribution in [3.8, 4) is 0 Å². The fourth-order valence-electron chi connectivity index (χ4n) is 1.99. The Morgan fingerprint density at radius 1 is 1.20 bits per heavy atom. The Balaban J connectivity index is 2.41. The second-order valence-corrected chi connectivity index (χ2v) is 5.57. The molecule has 0 aliphatic carbocycles. The first-order valence-electron chi connectivity index (χ1n) is 6.05. The van der Waals surface area contributed by atoms with Crippen molar-refractivity contribution in [3.63, 3.8) is 0 Å². The highest BCUT2D eigenvalue weighted by atomic mass is 79.9. The molecule has 1 unspecified atom stereocenters. The van der Waals surface area contributed by atoms with Crippen LogP contribution in [-0.4, -0.2) is 11.7 Å². The third kappa shape index (κ3) is 2.99. The number of benzene rings is 2. The van der Waals surface area contributed by atoms with E-state index in [1.165, 1.54) is 12.1 Å². The van der Waals surface area contributed by atoms with E-state index >= 15 is 0 Å². The summed E-state index contributed by atoms with van der Waals surface area (Å²) in [6, 6.07) is 10.6. The van der Waals surface area contributed by atoms with Gasteiger partial charge in [0.2, 0.25) is 0 Å². The maximum Gasteiger partial charge on any atom is 0.131 e. The number of rotatable bonds is 4. The van der Waals surface area contributed by atoms with E-state index in [-0.39, 0.29) is 12.2 Å². The van der Waals surface area contributed by atoms with Gasteiger partial charge in [-0.2, -0.15) is 0 Å². The summed E-state index contributed by atoms with van der Waals surface area (Å²) >= 11 is 3.38. The Bertz CT molecular complexity index is 621. The second kappa shape index (κ2) is 5.89. The van der Waals surface area contributed by atoms with Crippen LogP contribution < -0.4 is 5.32 Å². The lowest BCUT2D eigenvalue weighted by Gasteiger charge is -2.31. The Hall–Kier alpha value is -1.46. The minimum absolute atomic E-state index is 0.206. The SMILES string of the molecule is CC(CO)(Nc1ccccc1Br)c1ccc(F)cc1F. The van der Waals surface area contributed by atoms with Gasteiger partial charge in [0.05, 0.1) is 12.1 Å². The lowest BCUT2D eigenvalue weighted by atomic mass is 9.92. The predicted octanol–water partition coefficient (Wildman–Crippen LogP) is 4.05. The van der Waals surface area contributed by atoms with E-state index in [1.807, 2.05) is 18.2 Å². The van der Waals surface area contributed by atoms with Crippen LogP contribution in [0.2, 0.25) is 0 Å². The van der Waals surface area contributed by atoms with Crippen molar-refractivity contribution in [1.82, 2.24) is 0 Å². The van der Waals surface area contributed by atoms with E-state index < -0.39 is 17.2 Å². The molecule has 0 radical (unpaired) electrons. The summed E-state index contributed by atoms with van der Waals surface area (Å²) in [7, 11) is 0. The molecule has 2 N–H and O–H groups in total. The smallest absolute Gasteiger partial charge is 0.131 e. The van der Waals surface area contributed by atoms with Crippen molar-refractivity contribution in [3.05, 3.63) is 64.1 Å². The van der Waals surface area contributed by atoms with E-state index in [4.69, 9.17) is 0 Å². The van der Waals surface area contributed by atoms with Crippen LogP contribution in [0.5, 0.6) is 0 Å². The minimum Gasteiger partial charge on any atom is -0.394 e. The van der Waals surface area contributed by atoms with Gasteiger partial charge in [0.1, 0.15) is 11.6 Å². The van der Waals surface area contributed by atoms with E-state index in [2.05, 4.69) is 21.2 Å². The molecule has 0 fully saturated rings. The average molecular weight is 342 g/mol. The summed E-state index contributed by atoms with van der Waals surface area (Å²) in [5, 5.41) is 12.7. The molecular formula is C15H14BrF2NO. The van der Waals surface area contributed by atoms with Crippen LogP contribution in [-0.2, 0) is 5.54 Å². The number of aliphatic hydroxyl groups excluding tert-OH is 1. The van der Waals surface area contributed by atoms with Gasteiger partial charge in [-0.15, -0.1) is 0 Å². The first-order chi connectivity index (χ1) is 9.46. The van der Waals surface area contributed by atoms with E-state index in [1.54, 1.807) is 13.0 Å². The number of anilines is 1. The van der Waals surface area contributed by atoms with Crippen LogP contribution in [0.3, 0.4) is 0 Å². The molecule has 2 aromatic carbocycles. The van der Waals surface area contributed by atoms with Crippen LogP contribution in [0.15, 0.2) is 46.9 Å². The summed E-state index contributed by atoms with van der Waals surface area (Å²) in [5.74, 6) is -1.34. The highest BCUT2D eigenvalue weighted by molar-refractivity contribution is 9.10. The lowest BCUT2D eigenvalue weighted by molar-refractivity contribution is 0.220. The van der Waals surface area contributed by atoms with Gasteiger partial charge in [-0.25, -0.2) is 8.78 Å². The molecule has 5 heteroatoms. The molecule has 0 saturated carbocycles. The van der Waals surface area contributed by atoms with Crippen LogP contribution >= 0.6 is 15.9 Å². The molecular weight excluding hydrogens is 328 g/mol. The lowest BCUT2D eigenvalue weighted by Crippen LogP contribution is -2.37. The summed E-state index contributed by atoms with van der Waals surface area (Å²) < 4.78 is 27.7. The number of nitrogens with one attached hydrogen (secondary N) is 1. The highest BCUT2D eigenvalue weighted by Gasteiger charge is 2.29. The minimum atomic E-state index is -1.05. The van der Waals surface area contributed by atoms with E-state index in [9.17, 15) is 13.9 Å². The van der Waals surface area contributed by atoms with Gasteiger partial charge in [0.15, 0.2) is 0 Å². The molecule has 0 aliphatic heterocycles. The summed E-state index contributed by atoms with van der Waals surface area (Å²) in [5.41, 5.74) is -0.133. The van der Waals surface area contributed by atoms with E-state index in [0.29, 0.717) is 5.69 Å². The average Bonchev–Trinajstić information content (AvgIpc) is 2.41. The molecule has 106 valence electrons. The van der Waals surface area contributed by atoms with Gasteiger partial charge in [0.25, 0.3) is 0 Å². The zero-order valence-electron chi connectivity index (χ0n) is 10.8. The van der Waals surface area contributed by atoms with Crippen molar-refractivity contribution in [2.45, 2.75) is 12.5 Å². The summed E-state index contributed by atoms with van der Waals surface area (Å²) in [4.78, 5) is 0. The van der Waals surface area contributed by atoms with Crippen LogP contribution in [0.1, 0.15) is 12.5 Å². The number of halogens is 3. The Kier molecular flexibility index (Phi) is 4.40. The van der Waals surface area contributed by atoms with Crippen molar-refractivity contribution >= 4 is 21.6 Å². The monoisotopic (exact) mass is 341 g/mol.